The van der Waals surface area contributed by atoms with Gasteiger partial charge in [0.2, 0.25) is 5.91 Å². The zero-order valence-electron chi connectivity index (χ0n) is 10.7. The van der Waals surface area contributed by atoms with Crippen molar-refractivity contribution in [2.45, 2.75) is 17.1 Å². The third-order valence-electron chi connectivity index (χ3n) is 2.93. The molecule has 2 rings (SSSR count). The second-order valence-electron chi connectivity index (χ2n) is 4.48. The van der Waals surface area contributed by atoms with Crippen molar-refractivity contribution in [2.75, 3.05) is 19.6 Å². The molecule has 106 valence electrons. The molecule has 0 aromatic heterocycles. The van der Waals surface area contributed by atoms with E-state index in [4.69, 9.17) is 0 Å². The zero-order chi connectivity index (χ0) is 13.0. The number of rotatable bonds is 5. The molecule has 0 aliphatic carbocycles. The Morgan fingerprint density at radius 2 is 2.11 bits per heavy atom. The maximum Gasteiger partial charge on any atom is 0.233 e. The van der Waals surface area contributed by atoms with E-state index in [2.05, 4.69) is 26.6 Å². The molecule has 1 aliphatic heterocycles. The van der Waals surface area contributed by atoms with Gasteiger partial charge in [0, 0.05) is 34.9 Å². The Balaban J connectivity index is 0.00000180. The van der Waals surface area contributed by atoms with Crippen molar-refractivity contribution in [2.24, 2.45) is 5.92 Å². The molecule has 1 atom stereocenters. The highest BCUT2D eigenvalue weighted by atomic mass is 79.9. The number of amides is 1. The van der Waals surface area contributed by atoms with Crippen LogP contribution in [-0.4, -0.2) is 30.8 Å². The van der Waals surface area contributed by atoms with Crippen LogP contribution in [0.3, 0.4) is 0 Å². The van der Waals surface area contributed by atoms with Crippen molar-refractivity contribution < 1.29 is 4.79 Å². The van der Waals surface area contributed by atoms with Crippen LogP contribution in [0, 0.1) is 5.92 Å². The summed E-state index contributed by atoms with van der Waals surface area (Å²) in [7, 11) is 0. The van der Waals surface area contributed by atoms with Crippen molar-refractivity contribution in [3.05, 3.63) is 28.7 Å². The number of halogens is 2. The fourth-order valence-corrected chi connectivity index (χ4v) is 2.81. The molecule has 1 aromatic carbocycles. The second kappa shape index (κ2) is 8.15. The fourth-order valence-electron chi connectivity index (χ4n) is 1.65. The molecule has 6 heteroatoms. The lowest BCUT2D eigenvalue weighted by Crippen LogP contribution is -2.49. The molecular weight excluding hydrogens is 348 g/mol. The van der Waals surface area contributed by atoms with Crippen LogP contribution in [0.15, 0.2) is 33.6 Å². The van der Waals surface area contributed by atoms with E-state index < -0.39 is 0 Å². The Labute approximate surface area is 132 Å². The molecule has 0 spiro atoms. The first-order valence-corrected chi connectivity index (χ1v) is 7.73. The van der Waals surface area contributed by atoms with Gasteiger partial charge in [0.1, 0.15) is 0 Å². The average molecular weight is 366 g/mol. The summed E-state index contributed by atoms with van der Waals surface area (Å²) in [5, 5.41) is 6.15. The SMILES string of the molecule is CC(Sc1ccc(Br)cc1)C(=O)NCC1CNC1.Cl. The molecular formula is C13H18BrClN2OS. The summed E-state index contributed by atoms with van der Waals surface area (Å²) in [4.78, 5) is 13.0. The predicted octanol–water partition coefficient (Wildman–Crippen LogP) is 2.69. The average Bonchev–Trinajstić information content (AvgIpc) is 2.30. The van der Waals surface area contributed by atoms with Gasteiger partial charge in [-0.1, -0.05) is 15.9 Å². The summed E-state index contributed by atoms with van der Waals surface area (Å²) in [6.45, 7) is 4.78. The van der Waals surface area contributed by atoms with Gasteiger partial charge in [-0.2, -0.15) is 0 Å². The number of hydrogen-bond donors (Lipinski definition) is 2. The normalized spacial score (nSPS) is 16.1. The molecule has 1 amide bonds. The number of carbonyl (C=O) groups excluding carboxylic acids is 1. The van der Waals surface area contributed by atoms with Crippen molar-refractivity contribution in [1.29, 1.82) is 0 Å². The van der Waals surface area contributed by atoms with Crippen LogP contribution in [0.2, 0.25) is 0 Å². The lowest BCUT2D eigenvalue weighted by molar-refractivity contribution is -0.120. The van der Waals surface area contributed by atoms with Gasteiger partial charge in [0.05, 0.1) is 5.25 Å². The first-order chi connectivity index (χ1) is 8.65. The van der Waals surface area contributed by atoms with Gasteiger partial charge in [0.25, 0.3) is 0 Å². The lowest BCUT2D eigenvalue weighted by Gasteiger charge is -2.27. The highest BCUT2D eigenvalue weighted by molar-refractivity contribution is 9.10. The van der Waals surface area contributed by atoms with E-state index in [0.717, 1.165) is 29.0 Å². The third-order valence-corrected chi connectivity index (χ3v) is 4.57. The standard InChI is InChI=1S/C13H17BrN2OS.ClH/c1-9(13(17)16-8-10-6-15-7-10)18-12-4-2-11(14)3-5-12;/h2-5,9-10,15H,6-8H2,1H3,(H,16,17);1H. The maximum atomic E-state index is 11.9. The molecule has 1 unspecified atom stereocenters. The van der Waals surface area contributed by atoms with E-state index in [-0.39, 0.29) is 23.6 Å². The monoisotopic (exact) mass is 364 g/mol. The molecule has 0 bridgehead atoms. The van der Waals surface area contributed by atoms with Gasteiger partial charge < -0.3 is 10.6 Å². The molecule has 1 heterocycles. The molecule has 19 heavy (non-hydrogen) atoms. The van der Waals surface area contributed by atoms with Crippen LogP contribution in [0.25, 0.3) is 0 Å². The summed E-state index contributed by atoms with van der Waals surface area (Å²) in [6, 6.07) is 8.03. The van der Waals surface area contributed by atoms with E-state index in [1.165, 1.54) is 0 Å². The Hall–Kier alpha value is -0.230. The number of nitrogens with one attached hydrogen (secondary N) is 2. The summed E-state index contributed by atoms with van der Waals surface area (Å²) < 4.78 is 1.06. The minimum atomic E-state index is -0.0563. The van der Waals surface area contributed by atoms with Crippen LogP contribution in [-0.2, 0) is 4.79 Å². The number of thioether (sulfide) groups is 1. The van der Waals surface area contributed by atoms with Crippen LogP contribution in [0.5, 0.6) is 0 Å². The van der Waals surface area contributed by atoms with Gasteiger partial charge in [-0.15, -0.1) is 24.2 Å². The van der Waals surface area contributed by atoms with Gasteiger partial charge in [-0.25, -0.2) is 0 Å². The van der Waals surface area contributed by atoms with Crippen molar-refractivity contribution in [1.82, 2.24) is 10.6 Å². The highest BCUT2D eigenvalue weighted by Gasteiger charge is 2.19. The maximum absolute atomic E-state index is 11.9. The first kappa shape index (κ1) is 16.8. The summed E-state index contributed by atoms with van der Waals surface area (Å²) in [6.07, 6.45) is 0. The number of benzene rings is 1. The van der Waals surface area contributed by atoms with E-state index in [9.17, 15) is 4.79 Å². The molecule has 2 N–H and O–H groups in total. The van der Waals surface area contributed by atoms with Crippen LogP contribution >= 0.6 is 40.1 Å². The Morgan fingerprint density at radius 3 is 2.63 bits per heavy atom. The van der Waals surface area contributed by atoms with Gasteiger partial charge in [0.15, 0.2) is 0 Å². The first-order valence-electron chi connectivity index (χ1n) is 6.06. The number of carbonyl (C=O) groups is 1. The lowest BCUT2D eigenvalue weighted by atomic mass is 10.0. The van der Waals surface area contributed by atoms with E-state index in [1.54, 1.807) is 11.8 Å². The Kier molecular flexibility index (Phi) is 7.21. The molecule has 1 aliphatic rings. The smallest absolute Gasteiger partial charge is 0.233 e. The molecule has 1 saturated heterocycles. The van der Waals surface area contributed by atoms with Gasteiger partial charge in [-0.3, -0.25) is 4.79 Å². The fraction of sp³-hybridized carbons (Fsp3) is 0.462. The van der Waals surface area contributed by atoms with Gasteiger partial charge >= 0.3 is 0 Å². The topological polar surface area (TPSA) is 41.1 Å². The zero-order valence-corrected chi connectivity index (χ0v) is 13.9. The van der Waals surface area contributed by atoms with Crippen molar-refractivity contribution in [3.8, 4) is 0 Å². The predicted molar refractivity (Wildman–Crippen MR) is 86.1 cm³/mol. The van der Waals surface area contributed by atoms with E-state index in [0.29, 0.717) is 5.92 Å². The minimum absolute atomic E-state index is 0. The summed E-state index contributed by atoms with van der Waals surface area (Å²) in [5.41, 5.74) is 0. The number of hydrogen-bond acceptors (Lipinski definition) is 3. The largest absolute Gasteiger partial charge is 0.355 e. The van der Waals surface area contributed by atoms with E-state index in [1.807, 2.05) is 31.2 Å². The molecule has 3 nitrogen and oxygen atoms in total. The molecule has 1 fully saturated rings. The van der Waals surface area contributed by atoms with Gasteiger partial charge in [-0.05, 0) is 31.2 Å². The highest BCUT2D eigenvalue weighted by Crippen LogP contribution is 2.24. The third kappa shape index (κ3) is 5.34. The molecule has 0 radical (unpaired) electrons. The molecule has 1 aromatic rings. The molecule has 0 saturated carbocycles. The van der Waals surface area contributed by atoms with Crippen LogP contribution < -0.4 is 10.6 Å². The van der Waals surface area contributed by atoms with Crippen molar-refractivity contribution >= 4 is 46.0 Å². The second-order valence-corrected chi connectivity index (χ2v) is 6.81. The minimum Gasteiger partial charge on any atom is -0.355 e. The van der Waals surface area contributed by atoms with Crippen molar-refractivity contribution in [3.63, 3.8) is 0 Å². The Morgan fingerprint density at radius 1 is 1.47 bits per heavy atom. The van der Waals surface area contributed by atoms with Crippen LogP contribution in [0.4, 0.5) is 0 Å². The summed E-state index contributed by atoms with van der Waals surface area (Å²) in [5.74, 6) is 0.730. The Bertz CT molecular complexity index is 412. The van der Waals surface area contributed by atoms with E-state index >= 15 is 0 Å². The quantitative estimate of drug-likeness (QED) is 0.788. The van der Waals surface area contributed by atoms with Crippen LogP contribution in [0.1, 0.15) is 6.92 Å². The summed E-state index contributed by atoms with van der Waals surface area (Å²) >= 11 is 4.99.